The molecule has 0 radical (unpaired) electrons. The first-order valence-electron chi connectivity index (χ1n) is 11.5. The molecule has 0 fully saturated rings. The van der Waals surface area contributed by atoms with Gasteiger partial charge in [0.2, 0.25) is 0 Å². The summed E-state index contributed by atoms with van der Waals surface area (Å²) in [4.78, 5) is -0.226. The Morgan fingerprint density at radius 1 is 0.556 bits per heavy atom. The molecule has 0 aliphatic rings. The highest BCUT2D eigenvalue weighted by Crippen LogP contribution is 2.32. The van der Waals surface area contributed by atoms with Crippen LogP contribution in [0.25, 0.3) is 10.8 Å². The van der Waals surface area contributed by atoms with E-state index in [9.17, 15) is 16.8 Å². The third-order valence-electron chi connectivity index (χ3n) is 6.22. The SMILES string of the molecule is Cc1cc(C)c(NS(=O)(=O)c2cc(S(=O)(=O)Nc3c(C)cc(C)cc3C)c3ccccc3c2)c(C)c1. The molecule has 0 aromatic heterocycles. The molecule has 0 bridgehead atoms. The van der Waals surface area contributed by atoms with E-state index < -0.39 is 20.0 Å². The predicted octanol–water partition coefficient (Wildman–Crippen LogP) is 6.29. The van der Waals surface area contributed by atoms with Gasteiger partial charge in [-0.1, -0.05) is 59.7 Å². The van der Waals surface area contributed by atoms with E-state index >= 15 is 0 Å². The van der Waals surface area contributed by atoms with Crippen molar-refractivity contribution in [2.45, 2.75) is 51.3 Å². The normalized spacial score (nSPS) is 12.1. The van der Waals surface area contributed by atoms with Gasteiger partial charge in [-0.2, -0.15) is 0 Å². The van der Waals surface area contributed by atoms with Crippen molar-refractivity contribution in [3.8, 4) is 0 Å². The summed E-state index contributed by atoms with van der Waals surface area (Å²) >= 11 is 0. The Bertz CT molecular complexity index is 1680. The van der Waals surface area contributed by atoms with E-state index in [0.717, 1.165) is 33.4 Å². The third kappa shape index (κ3) is 4.96. The Morgan fingerprint density at radius 2 is 1.00 bits per heavy atom. The van der Waals surface area contributed by atoms with Gasteiger partial charge >= 0.3 is 0 Å². The van der Waals surface area contributed by atoms with Gasteiger partial charge in [-0.25, -0.2) is 16.8 Å². The van der Waals surface area contributed by atoms with Crippen molar-refractivity contribution >= 4 is 42.2 Å². The number of fused-ring (bicyclic) bond motifs is 1. The van der Waals surface area contributed by atoms with Gasteiger partial charge in [0.1, 0.15) is 0 Å². The Labute approximate surface area is 213 Å². The Balaban J connectivity index is 1.86. The fourth-order valence-electron chi connectivity index (χ4n) is 4.69. The first-order valence-corrected chi connectivity index (χ1v) is 14.5. The highest BCUT2D eigenvalue weighted by Gasteiger charge is 2.25. The summed E-state index contributed by atoms with van der Waals surface area (Å²) < 4.78 is 59.7. The minimum absolute atomic E-state index is 0.0994. The van der Waals surface area contributed by atoms with E-state index in [1.165, 1.54) is 12.1 Å². The van der Waals surface area contributed by atoms with Crippen LogP contribution >= 0.6 is 0 Å². The number of nitrogens with one attached hydrogen (secondary N) is 2. The number of hydrogen-bond donors (Lipinski definition) is 2. The smallest absolute Gasteiger partial charge is 0.262 e. The lowest BCUT2D eigenvalue weighted by atomic mass is 10.1. The Hall–Kier alpha value is -3.36. The average molecular weight is 523 g/mol. The van der Waals surface area contributed by atoms with Crippen molar-refractivity contribution in [1.82, 2.24) is 0 Å². The second-order valence-electron chi connectivity index (χ2n) is 9.40. The van der Waals surface area contributed by atoms with Gasteiger partial charge < -0.3 is 0 Å². The molecule has 0 aliphatic heterocycles. The molecular formula is C28H30N2O4S2. The number of benzene rings is 4. The van der Waals surface area contributed by atoms with Crippen molar-refractivity contribution in [3.63, 3.8) is 0 Å². The highest BCUT2D eigenvalue weighted by atomic mass is 32.2. The molecule has 0 amide bonds. The van der Waals surface area contributed by atoms with E-state index in [4.69, 9.17) is 0 Å². The van der Waals surface area contributed by atoms with Crippen LogP contribution in [-0.4, -0.2) is 16.8 Å². The zero-order valence-electron chi connectivity index (χ0n) is 21.2. The van der Waals surface area contributed by atoms with Crippen LogP contribution < -0.4 is 9.44 Å². The standard InChI is InChI=1S/C28H30N2O4S2/c1-17-11-19(3)27(20(4)12-17)29-35(31,32)24-15-23-9-7-8-10-25(23)26(16-24)36(33,34)30-28-21(5)13-18(2)14-22(28)6/h7-16,29-30H,1-6H3. The maximum absolute atomic E-state index is 13.7. The molecule has 4 rings (SSSR count). The van der Waals surface area contributed by atoms with Crippen LogP contribution in [0.5, 0.6) is 0 Å². The second kappa shape index (κ2) is 9.26. The van der Waals surface area contributed by atoms with Crippen LogP contribution in [0.1, 0.15) is 33.4 Å². The van der Waals surface area contributed by atoms with E-state index in [1.54, 1.807) is 24.3 Å². The zero-order chi connectivity index (χ0) is 26.4. The fraction of sp³-hybridized carbons (Fsp3) is 0.214. The molecule has 188 valence electrons. The topological polar surface area (TPSA) is 92.3 Å². The summed E-state index contributed by atoms with van der Waals surface area (Å²) in [5, 5.41) is 0.949. The second-order valence-corrected chi connectivity index (χ2v) is 12.7. The van der Waals surface area contributed by atoms with Gasteiger partial charge in [0, 0.05) is 5.39 Å². The number of hydrogen-bond acceptors (Lipinski definition) is 4. The van der Waals surface area contributed by atoms with Crippen LogP contribution in [0.4, 0.5) is 11.4 Å². The quantitative estimate of drug-likeness (QED) is 0.311. The minimum atomic E-state index is -4.12. The maximum Gasteiger partial charge on any atom is 0.262 e. The molecule has 8 heteroatoms. The van der Waals surface area contributed by atoms with Crippen LogP contribution in [0.15, 0.2) is 70.5 Å². The van der Waals surface area contributed by atoms with Crippen LogP contribution in [0, 0.1) is 41.5 Å². The number of aryl methyl sites for hydroxylation is 6. The maximum atomic E-state index is 13.7. The lowest BCUT2D eigenvalue weighted by Crippen LogP contribution is -2.18. The van der Waals surface area contributed by atoms with E-state index in [2.05, 4.69) is 9.44 Å². The summed E-state index contributed by atoms with van der Waals surface area (Å²) in [6.07, 6.45) is 0. The van der Waals surface area contributed by atoms with E-state index in [1.807, 2.05) is 65.8 Å². The molecule has 0 atom stereocenters. The molecular weight excluding hydrogens is 492 g/mol. The van der Waals surface area contributed by atoms with Crippen molar-refractivity contribution in [3.05, 3.63) is 94.0 Å². The number of anilines is 2. The summed E-state index contributed by atoms with van der Waals surface area (Å²) in [5.41, 5.74) is 6.18. The third-order valence-corrected chi connectivity index (χ3v) is 8.94. The summed E-state index contributed by atoms with van der Waals surface area (Å²) in [5.74, 6) is 0. The predicted molar refractivity (Wildman–Crippen MR) is 147 cm³/mol. The molecule has 0 saturated carbocycles. The van der Waals surface area contributed by atoms with E-state index in [0.29, 0.717) is 22.1 Å². The van der Waals surface area contributed by atoms with Gasteiger partial charge in [-0.15, -0.1) is 0 Å². The largest absolute Gasteiger partial charge is 0.279 e. The van der Waals surface area contributed by atoms with Crippen molar-refractivity contribution in [2.75, 3.05) is 9.44 Å². The lowest BCUT2D eigenvalue weighted by molar-refractivity contribution is 0.600. The average Bonchev–Trinajstić information content (AvgIpc) is 2.78. The van der Waals surface area contributed by atoms with E-state index in [-0.39, 0.29) is 9.79 Å². The fourth-order valence-corrected chi connectivity index (χ4v) is 7.49. The first kappa shape index (κ1) is 25.7. The monoisotopic (exact) mass is 522 g/mol. The molecule has 4 aromatic carbocycles. The van der Waals surface area contributed by atoms with Crippen molar-refractivity contribution < 1.29 is 16.8 Å². The number of rotatable bonds is 6. The van der Waals surface area contributed by atoms with Gasteiger partial charge in [0.15, 0.2) is 0 Å². The highest BCUT2D eigenvalue weighted by molar-refractivity contribution is 7.93. The van der Waals surface area contributed by atoms with Gasteiger partial charge in [0.25, 0.3) is 20.0 Å². The molecule has 0 heterocycles. The molecule has 6 nitrogen and oxygen atoms in total. The molecule has 0 saturated heterocycles. The van der Waals surface area contributed by atoms with Gasteiger partial charge in [0.05, 0.1) is 21.2 Å². The minimum Gasteiger partial charge on any atom is -0.279 e. The van der Waals surface area contributed by atoms with Crippen LogP contribution in [0.2, 0.25) is 0 Å². The Morgan fingerprint density at radius 3 is 1.50 bits per heavy atom. The lowest BCUT2D eigenvalue weighted by Gasteiger charge is -2.18. The molecule has 0 spiro atoms. The molecule has 36 heavy (non-hydrogen) atoms. The molecule has 0 unspecified atom stereocenters. The molecule has 4 aromatic rings. The zero-order valence-corrected chi connectivity index (χ0v) is 22.9. The van der Waals surface area contributed by atoms with Crippen LogP contribution in [-0.2, 0) is 20.0 Å². The summed E-state index contributed by atoms with van der Waals surface area (Å²) in [6.45, 7) is 11.3. The summed E-state index contributed by atoms with van der Waals surface area (Å²) in [6, 6.07) is 17.2. The van der Waals surface area contributed by atoms with Gasteiger partial charge in [-0.05, 0) is 81.3 Å². The first-order chi connectivity index (χ1) is 16.8. The van der Waals surface area contributed by atoms with Gasteiger partial charge in [-0.3, -0.25) is 9.44 Å². The van der Waals surface area contributed by atoms with Crippen LogP contribution in [0.3, 0.4) is 0 Å². The van der Waals surface area contributed by atoms with Crippen molar-refractivity contribution in [1.29, 1.82) is 0 Å². The molecule has 2 N–H and O–H groups in total. The summed E-state index contributed by atoms with van der Waals surface area (Å²) in [7, 11) is -8.20. The Kier molecular flexibility index (Phi) is 6.62. The molecule has 0 aliphatic carbocycles. The van der Waals surface area contributed by atoms with Crippen molar-refractivity contribution in [2.24, 2.45) is 0 Å². The number of sulfonamides is 2.